The quantitative estimate of drug-likeness (QED) is 0.342. The minimum Gasteiger partial charge on any atom is -0.458 e. The van der Waals surface area contributed by atoms with Gasteiger partial charge in [0.15, 0.2) is 17.5 Å². The summed E-state index contributed by atoms with van der Waals surface area (Å²) in [7, 11) is 0. The molecular formula is C32H46O8. The Morgan fingerprint density at radius 2 is 1.82 bits per heavy atom. The second kappa shape index (κ2) is 9.95. The molecule has 8 nitrogen and oxygen atoms in total. The van der Waals surface area contributed by atoms with Crippen LogP contribution in [0.4, 0.5) is 0 Å². The number of cyclic esters (lactones) is 1. The fraction of sp³-hybridized carbons (Fsp3) is 0.812. The Balaban J connectivity index is 1.52. The average molecular weight is 559 g/mol. The van der Waals surface area contributed by atoms with Crippen molar-refractivity contribution >= 4 is 23.7 Å². The smallest absolute Gasteiger partial charge is 0.333 e. The zero-order valence-electron chi connectivity index (χ0n) is 25.2. The Bertz CT molecular complexity index is 1120. The number of hydrogen-bond acceptors (Lipinski definition) is 8. The second-order valence-corrected chi connectivity index (χ2v) is 14.3. The summed E-state index contributed by atoms with van der Waals surface area (Å²) in [6.07, 6.45) is 6.01. The number of carbonyl (C=O) groups is 4. The fourth-order valence-electron chi connectivity index (χ4n) is 9.28. The van der Waals surface area contributed by atoms with E-state index in [4.69, 9.17) is 18.9 Å². The summed E-state index contributed by atoms with van der Waals surface area (Å²) >= 11 is 0. The van der Waals surface area contributed by atoms with Crippen LogP contribution >= 0.6 is 0 Å². The van der Waals surface area contributed by atoms with Crippen LogP contribution in [-0.4, -0.2) is 53.2 Å². The number of fused-ring (bicyclic) bond motifs is 1. The molecule has 3 aliphatic heterocycles. The van der Waals surface area contributed by atoms with Crippen LogP contribution in [0.2, 0.25) is 0 Å². The molecule has 5 aliphatic rings. The maximum Gasteiger partial charge on any atom is 0.333 e. The van der Waals surface area contributed by atoms with Crippen molar-refractivity contribution in [1.82, 2.24) is 0 Å². The standard InChI is InChI=1S/C32H46O8/c1-18-10-11-23(38-28(18)36)19(2)21-12-14-30(6)13-8-9-25-29(4,5)39-26-15-27(35)40-32(25,26)16-22(34)24(37-20(3)33)17-31(21,30)7/h10,19,21,23-26H,8-9,11-17H2,1-7H3/t19-,21?,23+,24+,25-,26+,30+,31+,32+/m0/s1. The van der Waals surface area contributed by atoms with E-state index in [9.17, 15) is 19.2 Å². The molecule has 0 aromatic rings. The van der Waals surface area contributed by atoms with Crippen LogP contribution in [0.15, 0.2) is 11.6 Å². The van der Waals surface area contributed by atoms with Crippen LogP contribution in [0.25, 0.3) is 0 Å². The molecule has 40 heavy (non-hydrogen) atoms. The normalized spacial score (nSPS) is 43.8. The first kappa shape index (κ1) is 29.3. The Kier molecular flexibility index (Phi) is 7.29. The third kappa shape index (κ3) is 4.62. The molecule has 0 bridgehead atoms. The number of carbonyl (C=O) groups excluding carboxylic acids is 4. The van der Waals surface area contributed by atoms with E-state index in [1.165, 1.54) is 6.92 Å². The van der Waals surface area contributed by atoms with E-state index < -0.39 is 29.4 Å². The van der Waals surface area contributed by atoms with Gasteiger partial charge in [0.05, 0.1) is 18.4 Å². The molecule has 2 aliphatic carbocycles. The first-order chi connectivity index (χ1) is 18.6. The molecule has 5 rings (SSSR count). The largest absolute Gasteiger partial charge is 0.458 e. The van der Waals surface area contributed by atoms with E-state index in [1.54, 1.807) is 6.92 Å². The van der Waals surface area contributed by atoms with Gasteiger partial charge in [-0.2, -0.15) is 0 Å². The van der Waals surface area contributed by atoms with E-state index in [1.807, 2.05) is 19.9 Å². The van der Waals surface area contributed by atoms with Gasteiger partial charge >= 0.3 is 17.9 Å². The molecule has 0 aromatic carbocycles. The highest BCUT2D eigenvalue weighted by atomic mass is 16.6. The molecule has 0 aromatic heterocycles. The highest BCUT2D eigenvalue weighted by Crippen LogP contribution is 2.64. The average Bonchev–Trinajstić information content (AvgIpc) is 3.35. The molecular weight excluding hydrogens is 512 g/mol. The van der Waals surface area contributed by atoms with E-state index >= 15 is 0 Å². The molecule has 2 saturated heterocycles. The predicted octanol–water partition coefficient (Wildman–Crippen LogP) is 5.25. The molecule has 1 unspecified atom stereocenters. The summed E-state index contributed by atoms with van der Waals surface area (Å²) < 4.78 is 24.1. The van der Waals surface area contributed by atoms with Crippen molar-refractivity contribution in [1.29, 1.82) is 0 Å². The Hall–Kier alpha value is -2.22. The number of hydrogen-bond donors (Lipinski definition) is 0. The van der Waals surface area contributed by atoms with Gasteiger partial charge in [0.2, 0.25) is 0 Å². The van der Waals surface area contributed by atoms with Crippen molar-refractivity contribution in [3.8, 4) is 0 Å². The molecule has 0 amide bonds. The molecule has 9 atom stereocenters. The summed E-state index contributed by atoms with van der Waals surface area (Å²) in [5.74, 6) is -1.22. The van der Waals surface area contributed by atoms with Gasteiger partial charge in [0.25, 0.3) is 0 Å². The van der Waals surface area contributed by atoms with Crippen molar-refractivity contribution < 1.29 is 38.1 Å². The van der Waals surface area contributed by atoms with Crippen molar-refractivity contribution in [3.63, 3.8) is 0 Å². The van der Waals surface area contributed by atoms with Crippen LogP contribution in [0.1, 0.15) is 106 Å². The predicted molar refractivity (Wildman–Crippen MR) is 146 cm³/mol. The van der Waals surface area contributed by atoms with Gasteiger partial charge in [-0.05, 0) is 75.5 Å². The van der Waals surface area contributed by atoms with Gasteiger partial charge < -0.3 is 18.9 Å². The number of esters is 3. The number of ether oxygens (including phenoxy) is 4. The number of Topliss-reactive ketones (excluding diaryl/α,β-unsaturated/α-hetero) is 1. The maximum atomic E-state index is 14.2. The second-order valence-electron chi connectivity index (χ2n) is 14.3. The molecule has 2 saturated carbocycles. The lowest BCUT2D eigenvalue weighted by atomic mass is 9.57. The molecule has 3 heterocycles. The molecule has 8 heteroatoms. The van der Waals surface area contributed by atoms with E-state index in [0.29, 0.717) is 18.4 Å². The molecule has 222 valence electrons. The summed E-state index contributed by atoms with van der Waals surface area (Å²) in [6, 6.07) is 0. The van der Waals surface area contributed by atoms with Crippen LogP contribution in [0.3, 0.4) is 0 Å². The van der Waals surface area contributed by atoms with Crippen LogP contribution < -0.4 is 0 Å². The first-order valence-electron chi connectivity index (χ1n) is 15.1. The summed E-state index contributed by atoms with van der Waals surface area (Å²) in [4.78, 5) is 51.5. The summed E-state index contributed by atoms with van der Waals surface area (Å²) in [6.45, 7) is 13.9. The minimum atomic E-state index is -1.04. The number of ketones is 1. The van der Waals surface area contributed by atoms with Crippen molar-refractivity contribution in [2.75, 3.05) is 0 Å². The SMILES string of the molecule is CC(=O)O[C@@H]1C[C@]2(C)C([C@H](C)[C@H]3CC=C(C)C(=O)O3)CC[C@@]2(C)CCC[C@H]2C(C)(C)O[C@@H]3CC(=O)O[C@@]32CC1=O. The highest BCUT2D eigenvalue weighted by Gasteiger charge is 2.67. The first-order valence-corrected chi connectivity index (χ1v) is 15.1. The third-order valence-corrected chi connectivity index (χ3v) is 11.7. The van der Waals surface area contributed by atoms with Gasteiger partial charge in [-0.15, -0.1) is 0 Å². The van der Waals surface area contributed by atoms with E-state index in [2.05, 4.69) is 20.8 Å². The molecule has 0 radical (unpaired) electrons. The Morgan fingerprint density at radius 1 is 1.10 bits per heavy atom. The third-order valence-electron chi connectivity index (χ3n) is 11.7. The van der Waals surface area contributed by atoms with Gasteiger partial charge in [0, 0.05) is 24.8 Å². The van der Waals surface area contributed by atoms with Gasteiger partial charge in [-0.3, -0.25) is 14.4 Å². The van der Waals surface area contributed by atoms with Gasteiger partial charge in [-0.1, -0.05) is 33.3 Å². The van der Waals surface area contributed by atoms with Crippen LogP contribution in [0, 0.1) is 28.6 Å². The van der Waals surface area contributed by atoms with Crippen molar-refractivity contribution in [2.24, 2.45) is 28.6 Å². The maximum absolute atomic E-state index is 14.2. The highest BCUT2D eigenvalue weighted by molar-refractivity contribution is 5.89. The molecule has 0 N–H and O–H groups in total. The zero-order valence-corrected chi connectivity index (χ0v) is 25.2. The van der Waals surface area contributed by atoms with Crippen molar-refractivity contribution in [2.45, 2.75) is 136 Å². The van der Waals surface area contributed by atoms with Gasteiger partial charge in [-0.25, -0.2) is 4.79 Å². The van der Waals surface area contributed by atoms with Crippen molar-refractivity contribution in [3.05, 3.63) is 11.6 Å². The van der Waals surface area contributed by atoms with E-state index in [-0.39, 0.29) is 65.3 Å². The zero-order chi connectivity index (χ0) is 29.3. The van der Waals surface area contributed by atoms with Gasteiger partial charge in [0.1, 0.15) is 12.2 Å². The number of rotatable bonds is 3. The summed E-state index contributed by atoms with van der Waals surface area (Å²) in [5.41, 5.74) is -1.42. The lowest BCUT2D eigenvalue weighted by molar-refractivity contribution is -0.164. The van der Waals surface area contributed by atoms with E-state index in [0.717, 1.165) is 32.1 Å². The molecule has 1 spiro atoms. The lowest BCUT2D eigenvalue weighted by Gasteiger charge is -2.49. The monoisotopic (exact) mass is 558 g/mol. The van der Waals surface area contributed by atoms with Crippen LogP contribution in [-0.2, 0) is 38.1 Å². The Morgan fingerprint density at radius 3 is 2.50 bits per heavy atom. The topological polar surface area (TPSA) is 105 Å². The molecule has 4 fully saturated rings. The fourth-order valence-corrected chi connectivity index (χ4v) is 9.28. The Labute approximate surface area is 237 Å². The minimum absolute atomic E-state index is 0.0211. The lowest BCUT2D eigenvalue weighted by Crippen LogP contribution is -2.49. The summed E-state index contributed by atoms with van der Waals surface area (Å²) in [5, 5.41) is 0. The van der Waals surface area contributed by atoms with Crippen LogP contribution in [0.5, 0.6) is 0 Å².